The topological polar surface area (TPSA) is 119 Å². The summed E-state index contributed by atoms with van der Waals surface area (Å²) in [5, 5.41) is 31.9. The van der Waals surface area contributed by atoms with Crippen molar-refractivity contribution in [2.24, 2.45) is 0 Å². The Balaban J connectivity index is 0.000000163. The Labute approximate surface area is 511 Å². The zero-order valence-electron chi connectivity index (χ0n) is 46.5. The monoisotopic (exact) mass is 1210 g/mol. The van der Waals surface area contributed by atoms with Gasteiger partial charge in [0.15, 0.2) is 0 Å². The summed E-state index contributed by atoms with van der Waals surface area (Å²) in [6.45, 7) is 25.6. The van der Waals surface area contributed by atoms with Crippen molar-refractivity contribution >= 4 is 75.5 Å². The molecule has 0 spiro atoms. The van der Waals surface area contributed by atoms with E-state index in [-0.39, 0.29) is 28.8 Å². The Morgan fingerprint density at radius 1 is 0.438 bits per heavy atom. The fourth-order valence-corrected chi connectivity index (χ4v) is 14.3. The quantitative estimate of drug-likeness (QED) is 0.0753. The summed E-state index contributed by atoms with van der Waals surface area (Å²) in [4.78, 5) is 38.1. The number of allylic oxidation sites excluding steroid dienone is 2. The maximum atomic E-state index is 13.4. The number of alkyl halides is 6. The van der Waals surface area contributed by atoms with Crippen molar-refractivity contribution in [2.45, 2.75) is 26.2 Å². The lowest BCUT2D eigenvalue weighted by molar-refractivity contribution is -0.138. The molecule has 0 radical (unpaired) electrons. The van der Waals surface area contributed by atoms with Crippen molar-refractivity contribution in [3.05, 3.63) is 279 Å². The predicted octanol–water partition coefficient (Wildman–Crippen LogP) is 19.8. The summed E-state index contributed by atoms with van der Waals surface area (Å²) in [5.41, 5.74) is 12.4. The van der Waals surface area contributed by atoms with Gasteiger partial charge in [0.2, 0.25) is 10.9 Å². The van der Waals surface area contributed by atoms with Crippen LogP contribution in [-0.4, -0.2) is 6.54 Å². The first kappa shape index (κ1) is 57.9. The van der Waals surface area contributed by atoms with Crippen LogP contribution in [0.4, 0.5) is 26.3 Å². The van der Waals surface area contributed by atoms with Gasteiger partial charge in [-0.25, -0.2) is 26.8 Å². The molecule has 0 unspecified atom stereocenters. The fraction of sp³-hybridized carbons (Fsp3) is 0.0685. The van der Waals surface area contributed by atoms with Gasteiger partial charge in [-0.2, -0.15) is 31.6 Å². The second-order valence-corrected chi connectivity index (χ2v) is 23.0. The molecule has 0 aliphatic heterocycles. The van der Waals surface area contributed by atoms with Gasteiger partial charge in [-0.1, -0.05) is 132 Å². The number of hydrogen-bond donors (Lipinski definition) is 0. The number of fused-ring (bicyclic) bond motifs is 14. The van der Waals surface area contributed by atoms with E-state index in [0.717, 1.165) is 112 Å². The number of halogens is 6. The van der Waals surface area contributed by atoms with E-state index in [4.69, 9.17) is 25.0 Å². The van der Waals surface area contributed by atoms with Crippen LogP contribution in [0, 0.1) is 67.6 Å². The van der Waals surface area contributed by atoms with Gasteiger partial charge in [0.25, 0.3) is 17.9 Å². The van der Waals surface area contributed by atoms with E-state index in [1.807, 2.05) is 135 Å². The van der Waals surface area contributed by atoms with Crippen molar-refractivity contribution in [2.75, 3.05) is 6.54 Å². The van der Waals surface area contributed by atoms with E-state index < -0.39 is 23.5 Å². The summed E-state index contributed by atoms with van der Waals surface area (Å²) in [6, 6.07) is 54.5. The largest absolute Gasteiger partial charge is 0.416 e. The molecular weight excluding hydrogens is 1170 g/mol. The first-order valence-electron chi connectivity index (χ1n) is 27.1. The minimum absolute atomic E-state index is 0.0139. The molecule has 424 valence electrons. The van der Waals surface area contributed by atoms with Gasteiger partial charge in [-0.3, -0.25) is 9.59 Å². The van der Waals surface area contributed by atoms with Gasteiger partial charge in [-0.15, -0.1) is 22.7 Å². The molecule has 2 aliphatic carbocycles. The third-order valence-electron chi connectivity index (χ3n) is 15.8. The molecule has 0 saturated heterocycles. The summed E-state index contributed by atoms with van der Waals surface area (Å²) in [5.74, 6) is 0. The van der Waals surface area contributed by atoms with Crippen LogP contribution in [0.25, 0.3) is 134 Å². The van der Waals surface area contributed by atoms with Gasteiger partial charge < -0.3 is 4.85 Å². The lowest BCUT2D eigenvalue weighted by atomic mass is 9.94. The normalized spacial score (nSPS) is 13.1. The van der Waals surface area contributed by atoms with Crippen molar-refractivity contribution in [1.82, 2.24) is 0 Å². The highest BCUT2D eigenvalue weighted by molar-refractivity contribution is 7.26. The molecule has 2 heterocycles. The van der Waals surface area contributed by atoms with Crippen LogP contribution in [0.1, 0.15) is 43.1 Å². The number of benzene rings is 8. The first-order chi connectivity index (χ1) is 42.8. The van der Waals surface area contributed by atoms with Crippen LogP contribution in [-0.2, 0) is 12.4 Å². The lowest BCUT2D eigenvalue weighted by Crippen LogP contribution is -2.04. The van der Waals surface area contributed by atoms with E-state index in [2.05, 4.69) is 20.6 Å². The molecular formula is C73H36F6N6O2S2. The highest BCUT2D eigenvalue weighted by Crippen LogP contribution is 2.62. The van der Waals surface area contributed by atoms with Crippen molar-refractivity contribution < 1.29 is 26.3 Å². The molecule has 14 rings (SSSR count). The van der Waals surface area contributed by atoms with Crippen LogP contribution in [0.3, 0.4) is 0 Å². The number of aryl methyl sites for hydroxylation is 2. The van der Waals surface area contributed by atoms with Crippen molar-refractivity contribution in [1.29, 1.82) is 15.8 Å². The summed E-state index contributed by atoms with van der Waals surface area (Å²) < 4.78 is 79.6. The minimum Gasteiger partial charge on any atom is -0.301 e. The summed E-state index contributed by atoms with van der Waals surface area (Å²) in [6.07, 6.45) is -8.86. The molecule has 0 amide bonds. The number of rotatable bonds is 4. The smallest absolute Gasteiger partial charge is 0.301 e. The number of nitrogens with zero attached hydrogens (tertiary/aromatic N) is 6. The van der Waals surface area contributed by atoms with E-state index in [1.54, 1.807) is 12.1 Å². The van der Waals surface area contributed by atoms with Crippen LogP contribution in [0.2, 0.25) is 0 Å². The minimum atomic E-state index is -4.46. The highest BCUT2D eigenvalue weighted by Gasteiger charge is 2.40. The van der Waals surface area contributed by atoms with E-state index in [9.17, 15) is 46.5 Å². The average molecular weight is 1210 g/mol. The molecule has 0 saturated carbocycles. The molecule has 0 fully saturated rings. The second kappa shape index (κ2) is 22.4. The molecule has 89 heavy (non-hydrogen) atoms. The van der Waals surface area contributed by atoms with Crippen LogP contribution < -0.4 is 10.9 Å². The molecule has 16 heteroatoms. The Morgan fingerprint density at radius 2 is 0.775 bits per heavy atom. The van der Waals surface area contributed by atoms with Crippen molar-refractivity contribution in [3.8, 4) is 85.0 Å². The molecule has 2 aromatic heterocycles. The third-order valence-corrected chi connectivity index (χ3v) is 18.2. The molecule has 0 N–H and O–H groups in total. The maximum Gasteiger partial charge on any atom is 0.416 e. The van der Waals surface area contributed by atoms with Gasteiger partial charge in [0.05, 0.1) is 45.8 Å². The summed E-state index contributed by atoms with van der Waals surface area (Å²) in [7, 11) is 0. The van der Waals surface area contributed by atoms with E-state index in [1.165, 1.54) is 46.9 Å². The Bertz CT molecular complexity index is 5380. The SMILES string of the molecule is Cc1ccc(-c2ccc3c(c2)c(=O)c2sc4c(=O)c5cc(-c6ccc(C(F)(F)F)cc6)ccc5c4c23)cc1.[C-]#[N+]/C(C#N)=C1/c2cc(-c3ccc(C(F)(F)F)cc3)ccc2-c2c1sc1c2-c2ccc(-c3ccc(C)cc3)cc2/C1=C(/C#N)[N+]#[C-].[C-]#[N+]CC#N. The van der Waals surface area contributed by atoms with Crippen LogP contribution in [0.15, 0.2) is 191 Å². The average Bonchev–Trinajstić information content (AvgIpc) is 1.56. The Kier molecular flexibility index (Phi) is 14.6. The molecule has 0 atom stereocenters. The molecule has 2 aliphatic rings. The first-order valence-corrected chi connectivity index (χ1v) is 28.7. The Hall–Kier alpha value is -11.5. The van der Waals surface area contributed by atoms with Crippen molar-refractivity contribution in [3.63, 3.8) is 0 Å². The zero-order valence-corrected chi connectivity index (χ0v) is 48.1. The van der Waals surface area contributed by atoms with Gasteiger partial charge in [-0.05, 0) is 140 Å². The highest BCUT2D eigenvalue weighted by atomic mass is 32.1. The van der Waals surface area contributed by atoms with Gasteiger partial charge >= 0.3 is 12.4 Å². The molecule has 8 nitrogen and oxygen atoms in total. The third kappa shape index (κ3) is 9.96. The second-order valence-electron chi connectivity index (χ2n) is 21.0. The standard InChI is InChI=1S/C38H17F3N4S.C32H17F3O2S.C3H2N2/c1-20-4-6-21(7-5-20)23-10-14-26-28(16-23)32(30(18-42)44-2)36-34(26)35-27-15-11-24(22-8-12-25(13-9-22)38(39,40)41)17-29(27)33(37(35)46-36)31(19-43)45-3;1-16-2-4-17(5-3-16)19-8-12-22-24(14-19)28(36)30-26(22)27-23-13-9-20(15-25(23)29(37)31(27)38-30)18-6-10-21(11-7-18)32(33,34)35;1-5-3-2-4/h4-17H,1H3;2-15H,1H3;3H2/b32-30+,33-31-;;. The summed E-state index contributed by atoms with van der Waals surface area (Å²) >= 11 is 2.57. The lowest BCUT2D eigenvalue weighted by Gasteiger charge is -2.11. The number of nitriles is 3. The van der Waals surface area contributed by atoms with Gasteiger partial charge in [0, 0.05) is 53.6 Å². The molecule has 12 aromatic rings. The molecule has 10 aromatic carbocycles. The van der Waals surface area contributed by atoms with Gasteiger partial charge in [0.1, 0.15) is 6.07 Å². The van der Waals surface area contributed by atoms with Crippen LogP contribution in [0.5, 0.6) is 0 Å². The maximum absolute atomic E-state index is 13.4. The Morgan fingerprint density at radius 3 is 1.09 bits per heavy atom. The number of hydrogen-bond acceptors (Lipinski definition) is 7. The number of thiophene rings is 2. The zero-order chi connectivity index (χ0) is 62.8. The van der Waals surface area contributed by atoms with E-state index >= 15 is 0 Å². The van der Waals surface area contributed by atoms with Crippen LogP contribution >= 0.6 is 22.7 Å². The fourth-order valence-electron chi connectivity index (χ4n) is 11.6. The van der Waals surface area contributed by atoms with E-state index in [0.29, 0.717) is 64.0 Å². The predicted molar refractivity (Wildman–Crippen MR) is 339 cm³/mol. The molecule has 0 bridgehead atoms.